The fraction of sp³-hybridized carbons (Fsp3) is 0.438. The second kappa shape index (κ2) is 5.98. The van der Waals surface area contributed by atoms with Crippen LogP contribution in [0.1, 0.15) is 18.5 Å². The molecule has 0 saturated carbocycles. The third kappa shape index (κ3) is 2.71. The molecular weight excluding hydrogens is 330 g/mol. The minimum atomic E-state index is -3.34. The van der Waals surface area contributed by atoms with E-state index in [9.17, 15) is 8.42 Å². The fourth-order valence-corrected chi connectivity index (χ4v) is 6.57. The highest BCUT2D eigenvalue weighted by molar-refractivity contribution is 7.91. The van der Waals surface area contributed by atoms with Crippen LogP contribution >= 0.6 is 11.3 Å². The van der Waals surface area contributed by atoms with Crippen molar-refractivity contribution in [3.63, 3.8) is 0 Å². The van der Waals surface area contributed by atoms with Crippen molar-refractivity contribution in [3.05, 3.63) is 47.6 Å². The van der Waals surface area contributed by atoms with Gasteiger partial charge in [0.2, 0.25) is 0 Å². The molecule has 0 aromatic carbocycles. The monoisotopic (exact) mass is 349 g/mol. The summed E-state index contributed by atoms with van der Waals surface area (Å²) < 4.78 is 27.8. The summed E-state index contributed by atoms with van der Waals surface area (Å²) in [7, 11) is -3.34. The lowest BCUT2D eigenvalue weighted by molar-refractivity contribution is 0.237. The van der Waals surface area contributed by atoms with Gasteiger partial charge in [-0.3, -0.25) is 9.88 Å². The van der Waals surface area contributed by atoms with Gasteiger partial charge in [0.05, 0.1) is 5.69 Å². The molecule has 2 atom stereocenters. The van der Waals surface area contributed by atoms with E-state index in [0.717, 1.165) is 31.6 Å². The summed E-state index contributed by atoms with van der Waals surface area (Å²) in [6, 6.07) is 9.86. The van der Waals surface area contributed by atoms with Gasteiger partial charge in [-0.05, 0) is 36.4 Å². The molecule has 0 amide bonds. The highest BCUT2D eigenvalue weighted by atomic mass is 32.2. The van der Waals surface area contributed by atoms with Gasteiger partial charge in [-0.1, -0.05) is 12.1 Å². The highest BCUT2D eigenvalue weighted by Gasteiger charge is 2.47. The zero-order valence-electron chi connectivity index (χ0n) is 12.7. The minimum absolute atomic E-state index is 0.103. The largest absolute Gasteiger partial charge is 0.293 e. The molecule has 4 heterocycles. The Bertz CT molecular complexity index is 762. The number of hydrogen-bond donors (Lipinski definition) is 0. The molecule has 2 aromatic heterocycles. The van der Waals surface area contributed by atoms with Crippen LogP contribution in [0.5, 0.6) is 0 Å². The SMILES string of the molecule is O=S(=O)(c1cccs1)N1CC[C@H]2[C@H]1CCN2Cc1ccccn1. The Kier molecular flexibility index (Phi) is 3.96. The van der Waals surface area contributed by atoms with Crippen molar-refractivity contribution in [1.82, 2.24) is 14.2 Å². The molecule has 0 bridgehead atoms. The second-order valence-electron chi connectivity index (χ2n) is 6.05. The van der Waals surface area contributed by atoms with Gasteiger partial charge in [-0.15, -0.1) is 11.3 Å². The van der Waals surface area contributed by atoms with Crippen molar-refractivity contribution in [1.29, 1.82) is 0 Å². The number of likely N-dealkylation sites (tertiary alicyclic amines) is 1. The Hall–Kier alpha value is -1.28. The van der Waals surface area contributed by atoms with E-state index in [1.54, 1.807) is 16.4 Å². The Labute approximate surface area is 140 Å². The number of sulfonamides is 1. The number of aromatic nitrogens is 1. The zero-order chi connectivity index (χ0) is 15.9. The van der Waals surface area contributed by atoms with Crippen LogP contribution in [0, 0.1) is 0 Å². The minimum Gasteiger partial charge on any atom is -0.293 e. The lowest BCUT2D eigenvalue weighted by Gasteiger charge is -2.24. The van der Waals surface area contributed by atoms with Crippen molar-refractivity contribution < 1.29 is 8.42 Å². The van der Waals surface area contributed by atoms with Gasteiger partial charge in [0.25, 0.3) is 10.0 Å². The summed E-state index contributed by atoms with van der Waals surface area (Å²) in [5.41, 5.74) is 1.05. The lowest BCUT2D eigenvalue weighted by atomic mass is 10.1. The number of rotatable bonds is 4. The van der Waals surface area contributed by atoms with E-state index in [0.29, 0.717) is 16.8 Å². The molecule has 2 fully saturated rings. The first-order chi connectivity index (χ1) is 11.2. The average molecular weight is 349 g/mol. The van der Waals surface area contributed by atoms with Gasteiger partial charge in [0.15, 0.2) is 0 Å². The molecule has 4 rings (SSSR count). The summed E-state index contributed by atoms with van der Waals surface area (Å²) in [6.45, 7) is 2.35. The Morgan fingerprint density at radius 3 is 2.74 bits per heavy atom. The maximum Gasteiger partial charge on any atom is 0.252 e. The number of fused-ring (bicyclic) bond motifs is 1. The van der Waals surface area contributed by atoms with Crippen LogP contribution in [0.2, 0.25) is 0 Å². The molecule has 2 saturated heterocycles. The van der Waals surface area contributed by atoms with E-state index in [1.165, 1.54) is 11.3 Å². The van der Waals surface area contributed by atoms with Crippen molar-refractivity contribution >= 4 is 21.4 Å². The summed E-state index contributed by atoms with van der Waals surface area (Å²) in [4.78, 5) is 6.78. The van der Waals surface area contributed by atoms with Crippen molar-refractivity contribution in [2.24, 2.45) is 0 Å². The molecular formula is C16H19N3O2S2. The molecule has 2 aliphatic rings. The number of hydrogen-bond acceptors (Lipinski definition) is 5. The fourth-order valence-electron chi connectivity index (χ4n) is 3.76. The van der Waals surface area contributed by atoms with E-state index < -0.39 is 10.0 Å². The number of pyridine rings is 1. The third-order valence-electron chi connectivity index (χ3n) is 4.79. The van der Waals surface area contributed by atoms with Gasteiger partial charge >= 0.3 is 0 Å². The van der Waals surface area contributed by atoms with Crippen LogP contribution in [0.25, 0.3) is 0 Å². The Balaban J connectivity index is 1.52. The second-order valence-corrected chi connectivity index (χ2v) is 9.12. The Morgan fingerprint density at radius 2 is 2.00 bits per heavy atom. The molecule has 7 heteroatoms. The van der Waals surface area contributed by atoms with E-state index in [1.807, 2.05) is 29.8 Å². The van der Waals surface area contributed by atoms with Crippen LogP contribution < -0.4 is 0 Å². The van der Waals surface area contributed by atoms with Crippen LogP contribution in [-0.2, 0) is 16.6 Å². The number of nitrogens with zero attached hydrogens (tertiary/aromatic N) is 3. The average Bonchev–Trinajstić information content (AvgIpc) is 3.27. The van der Waals surface area contributed by atoms with Crippen LogP contribution in [0.4, 0.5) is 0 Å². The maximum absolute atomic E-state index is 12.8. The third-order valence-corrected chi connectivity index (χ3v) is 8.09. The van der Waals surface area contributed by atoms with Crippen LogP contribution in [-0.4, -0.2) is 47.8 Å². The lowest BCUT2D eigenvalue weighted by Crippen LogP contribution is -2.39. The number of thiophene rings is 1. The smallest absolute Gasteiger partial charge is 0.252 e. The van der Waals surface area contributed by atoms with Gasteiger partial charge in [-0.2, -0.15) is 4.31 Å². The molecule has 5 nitrogen and oxygen atoms in total. The van der Waals surface area contributed by atoms with Gasteiger partial charge in [-0.25, -0.2) is 8.42 Å². The first-order valence-corrected chi connectivity index (χ1v) is 10.2. The standard InChI is InChI=1S/C16H19N3O2S2/c20-23(21,16-5-3-11-22-16)19-10-7-14-15(19)6-9-18(14)12-13-4-1-2-8-17-13/h1-5,8,11,14-15H,6-7,9-10,12H2/t14-,15+/m0/s1. The van der Waals surface area contributed by atoms with E-state index in [4.69, 9.17) is 0 Å². The molecule has 2 aliphatic heterocycles. The van der Waals surface area contributed by atoms with Crippen LogP contribution in [0.15, 0.2) is 46.1 Å². The molecule has 0 unspecified atom stereocenters. The van der Waals surface area contributed by atoms with Crippen molar-refractivity contribution in [2.45, 2.75) is 35.7 Å². The van der Waals surface area contributed by atoms with Crippen molar-refractivity contribution in [2.75, 3.05) is 13.1 Å². The van der Waals surface area contributed by atoms with E-state index >= 15 is 0 Å². The summed E-state index contributed by atoms with van der Waals surface area (Å²) in [5.74, 6) is 0. The summed E-state index contributed by atoms with van der Waals surface area (Å²) >= 11 is 1.30. The summed E-state index contributed by atoms with van der Waals surface area (Å²) in [5, 5.41) is 1.82. The quantitative estimate of drug-likeness (QED) is 0.849. The maximum atomic E-state index is 12.8. The predicted molar refractivity (Wildman–Crippen MR) is 89.7 cm³/mol. The molecule has 0 aliphatic carbocycles. The molecule has 0 spiro atoms. The van der Waals surface area contributed by atoms with Crippen molar-refractivity contribution in [3.8, 4) is 0 Å². The van der Waals surface area contributed by atoms with E-state index in [2.05, 4.69) is 9.88 Å². The molecule has 23 heavy (non-hydrogen) atoms. The molecule has 0 N–H and O–H groups in total. The zero-order valence-corrected chi connectivity index (χ0v) is 14.3. The predicted octanol–water partition coefficient (Wildman–Crippen LogP) is 2.18. The normalized spacial score (nSPS) is 25.7. The topological polar surface area (TPSA) is 53.5 Å². The first kappa shape index (κ1) is 15.3. The van der Waals surface area contributed by atoms with Gasteiger partial charge in [0.1, 0.15) is 4.21 Å². The van der Waals surface area contributed by atoms with Gasteiger partial charge in [0, 0.05) is 37.9 Å². The molecule has 2 aromatic rings. The van der Waals surface area contributed by atoms with Crippen LogP contribution in [0.3, 0.4) is 0 Å². The van der Waals surface area contributed by atoms with Gasteiger partial charge < -0.3 is 0 Å². The molecule has 122 valence electrons. The molecule has 0 radical (unpaired) electrons. The summed E-state index contributed by atoms with van der Waals surface area (Å²) in [6.07, 6.45) is 3.62. The Morgan fingerprint density at radius 1 is 1.13 bits per heavy atom. The first-order valence-electron chi connectivity index (χ1n) is 7.85. The van der Waals surface area contributed by atoms with E-state index in [-0.39, 0.29) is 6.04 Å². The highest BCUT2D eigenvalue weighted by Crippen LogP contribution is 2.36.